The SMILES string of the molecule is C=C[C@H](CCN(C)C)OC. The molecule has 0 heterocycles. The highest BCUT2D eigenvalue weighted by Gasteiger charge is 2.00. The van der Waals surface area contributed by atoms with Gasteiger partial charge in [0.25, 0.3) is 0 Å². The molecule has 0 aliphatic carbocycles. The second-order valence-corrected chi connectivity index (χ2v) is 2.60. The van der Waals surface area contributed by atoms with Crippen LogP contribution in [-0.4, -0.2) is 38.8 Å². The molecule has 2 nitrogen and oxygen atoms in total. The smallest absolute Gasteiger partial charge is 0.0761 e. The van der Waals surface area contributed by atoms with Gasteiger partial charge in [-0.25, -0.2) is 0 Å². The van der Waals surface area contributed by atoms with Gasteiger partial charge in [0, 0.05) is 13.7 Å². The lowest BCUT2D eigenvalue weighted by Crippen LogP contribution is -2.19. The van der Waals surface area contributed by atoms with Gasteiger partial charge >= 0.3 is 0 Å². The Bertz CT molecular complexity index is 91.3. The maximum absolute atomic E-state index is 5.11. The van der Waals surface area contributed by atoms with Crippen molar-refractivity contribution >= 4 is 0 Å². The van der Waals surface area contributed by atoms with Gasteiger partial charge in [0.05, 0.1) is 6.10 Å². The molecule has 10 heavy (non-hydrogen) atoms. The van der Waals surface area contributed by atoms with Gasteiger partial charge < -0.3 is 9.64 Å². The highest BCUT2D eigenvalue weighted by atomic mass is 16.5. The van der Waals surface area contributed by atoms with Gasteiger partial charge in [0.1, 0.15) is 0 Å². The van der Waals surface area contributed by atoms with Crippen molar-refractivity contribution < 1.29 is 4.74 Å². The zero-order valence-electron chi connectivity index (χ0n) is 7.13. The van der Waals surface area contributed by atoms with Gasteiger partial charge in [-0.05, 0) is 20.5 Å². The van der Waals surface area contributed by atoms with Crippen LogP contribution in [0.15, 0.2) is 12.7 Å². The third-order valence-electron chi connectivity index (χ3n) is 1.43. The molecule has 0 aromatic rings. The summed E-state index contributed by atoms with van der Waals surface area (Å²) in [6.07, 6.45) is 3.07. The summed E-state index contributed by atoms with van der Waals surface area (Å²) in [5, 5.41) is 0. The molecule has 0 aromatic carbocycles. The van der Waals surface area contributed by atoms with Crippen molar-refractivity contribution in [2.75, 3.05) is 27.7 Å². The third-order valence-corrected chi connectivity index (χ3v) is 1.43. The molecule has 0 amide bonds. The standard InChI is InChI=1S/C8H17NO/c1-5-8(10-4)6-7-9(2)3/h5,8H,1,6-7H2,2-4H3/t8-/m1/s1. The summed E-state index contributed by atoms with van der Waals surface area (Å²) < 4.78 is 5.11. The van der Waals surface area contributed by atoms with Gasteiger partial charge in [0.15, 0.2) is 0 Å². The summed E-state index contributed by atoms with van der Waals surface area (Å²) >= 11 is 0. The Morgan fingerprint density at radius 1 is 1.60 bits per heavy atom. The van der Waals surface area contributed by atoms with Crippen molar-refractivity contribution in [1.29, 1.82) is 0 Å². The van der Waals surface area contributed by atoms with Crippen molar-refractivity contribution in [2.45, 2.75) is 12.5 Å². The lowest BCUT2D eigenvalue weighted by atomic mass is 10.2. The van der Waals surface area contributed by atoms with E-state index in [0.29, 0.717) is 0 Å². The second kappa shape index (κ2) is 5.45. The first-order valence-electron chi connectivity index (χ1n) is 3.50. The monoisotopic (exact) mass is 143 g/mol. The minimum Gasteiger partial charge on any atom is -0.377 e. The Morgan fingerprint density at radius 2 is 2.20 bits per heavy atom. The van der Waals surface area contributed by atoms with E-state index < -0.39 is 0 Å². The molecule has 60 valence electrons. The molecule has 0 N–H and O–H groups in total. The van der Waals surface area contributed by atoms with E-state index in [1.54, 1.807) is 7.11 Å². The quantitative estimate of drug-likeness (QED) is 0.535. The maximum atomic E-state index is 5.11. The number of methoxy groups -OCH3 is 1. The van der Waals surface area contributed by atoms with E-state index in [4.69, 9.17) is 4.74 Å². The topological polar surface area (TPSA) is 12.5 Å². The second-order valence-electron chi connectivity index (χ2n) is 2.60. The van der Waals surface area contributed by atoms with Crippen LogP contribution in [0.25, 0.3) is 0 Å². The average Bonchev–Trinajstić information content (AvgIpc) is 1.90. The number of hydrogen-bond donors (Lipinski definition) is 0. The predicted molar refractivity (Wildman–Crippen MR) is 44.2 cm³/mol. The number of ether oxygens (including phenoxy) is 1. The Kier molecular flexibility index (Phi) is 5.26. The lowest BCUT2D eigenvalue weighted by Gasteiger charge is -2.13. The predicted octanol–water partition coefficient (Wildman–Crippen LogP) is 1.14. The van der Waals surface area contributed by atoms with Gasteiger partial charge in [0.2, 0.25) is 0 Å². The normalized spacial score (nSPS) is 13.6. The Morgan fingerprint density at radius 3 is 2.50 bits per heavy atom. The first-order valence-corrected chi connectivity index (χ1v) is 3.50. The van der Waals surface area contributed by atoms with Crippen molar-refractivity contribution in [3.8, 4) is 0 Å². The van der Waals surface area contributed by atoms with Crippen LogP contribution in [-0.2, 0) is 4.74 Å². The molecule has 0 aliphatic rings. The van der Waals surface area contributed by atoms with Crippen LogP contribution in [0.3, 0.4) is 0 Å². The van der Waals surface area contributed by atoms with Gasteiger partial charge in [-0.2, -0.15) is 0 Å². The van der Waals surface area contributed by atoms with Crippen LogP contribution in [0, 0.1) is 0 Å². The van der Waals surface area contributed by atoms with E-state index in [0.717, 1.165) is 13.0 Å². The summed E-state index contributed by atoms with van der Waals surface area (Å²) in [5.41, 5.74) is 0. The van der Waals surface area contributed by atoms with Gasteiger partial charge in [-0.3, -0.25) is 0 Å². The molecule has 0 rings (SSSR count). The van der Waals surface area contributed by atoms with Crippen molar-refractivity contribution in [3.63, 3.8) is 0 Å². The Balaban J connectivity index is 3.34. The summed E-state index contributed by atoms with van der Waals surface area (Å²) in [5.74, 6) is 0. The van der Waals surface area contributed by atoms with Crippen LogP contribution in [0.2, 0.25) is 0 Å². The van der Waals surface area contributed by atoms with Crippen LogP contribution >= 0.6 is 0 Å². The summed E-state index contributed by atoms with van der Waals surface area (Å²) in [7, 11) is 5.81. The molecule has 0 spiro atoms. The Labute approximate surface area is 63.5 Å². The van der Waals surface area contributed by atoms with Crippen LogP contribution in [0.5, 0.6) is 0 Å². The summed E-state index contributed by atoms with van der Waals surface area (Å²) in [6.45, 7) is 4.71. The molecule has 0 aliphatic heterocycles. The average molecular weight is 143 g/mol. The highest BCUT2D eigenvalue weighted by molar-refractivity contribution is 4.79. The van der Waals surface area contributed by atoms with Gasteiger partial charge in [-0.1, -0.05) is 6.08 Å². The van der Waals surface area contributed by atoms with Gasteiger partial charge in [-0.15, -0.1) is 6.58 Å². The van der Waals surface area contributed by atoms with E-state index in [2.05, 4.69) is 25.6 Å². The fourth-order valence-corrected chi connectivity index (χ4v) is 0.717. The zero-order valence-corrected chi connectivity index (χ0v) is 7.13. The molecule has 0 saturated heterocycles. The van der Waals surface area contributed by atoms with E-state index >= 15 is 0 Å². The third kappa shape index (κ3) is 4.53. The zero-order chi connectivity index (χ0) is 7.98. The number of nitrogens with zero attached hydrogens (tertiary/aromatic N) is 1. The molecule has 0 radical (unpaired) electrons. The number of hydrogen-bond acceptors (Lipinski definition) is 2. The van der Waals surface area contributed by atoms with Crippen molar-refractivity contribution in [2.24, 2.45) is 0 Å². The van der Waals surface area contributed by atoms with Crippen LogP contribution in [0.4, 0.5) is 0 Å². The largest absolute Gasteiger partial charge is 0.377 e. The number of rotatable bonds is 5. The van der Waals surface area contributed by atoms with Crippen LogP contribution < -0.4 is 0 Å². The molecular weight excluding hydrogens is 126 g/mol. The minimum atomic E-state index is 0.211. The molecular formula is C8H17NO. The first kappa shape index (κ1) is 9.66. The summed E-state index contributed by atoms with van der Waals surface area (Å²) in [6, 6.07) is 0. The fourth-order valence-electron chi connectivity index (χ4n) is 0.717. The highest BCUT2D eigenvalue weighted by Crippen LogP contribution is 1.97. The van der Waals surface area contributed by atoms with E-state index in [1.807, 2.05) is 6.08 Å². The Hall–Kier alpha value is -0.340. The molecule has 0 fully saturated rings. The molecule has 1 atom stereocenters. The van der Waals surface area contributed by atoms with E-state index in [9.17, 15) is 0 Å². The maximum Gasteiger partial charge on any atom is 0.0761 e. The first-order chi connectivity index (χ1) is 4.70. The molecule has 0 unspecified atom stereocenters. The molecule has 0 aromatic heterocycles. The summed E-state index contributed by atoms with van der Waals surface area (Å²) in [4.78, 5) is 2.13. The lowest BCUT2D eigenvalue weighted by molar-refractivity contribution is 0.125. The molecule has 0 saturated carbocycles. The van der Waals surface area contributed by atoms with Crippen LogP contribution in [0.1, 0.15) is 6.42 Å². The molecule has 2 heteroatoms. The minimum absolute atomic E-state index is 0.211. The van der Waals surface area contributed by atoms with Crippen molar-refractivity contribution in [3.05, 3.63) is 12.7 Å². The molecule has 0 bridgehead atoms. The van der Waals surface area contributed by atoms with E-state index in [1.165, 1.54) is 0 Å². The van der Waals surface area contributed by atoms with E-state index in [-0.39, 0.29) is 6.10 Å². The van der Waals surface area contributed by atoms with Crippen molar-refractivity contribution in [1.82, 2.24) is 4.90 Å². The fraction of sp³-hybridized carbons (Fsp3) is 0.750.